The Morgan fingerprint density at radius 3 is 2.03 bits per heavy atom. The van der Waals surface area contributed by atoms with Crippen molar-refractivity contribution in [1.29, 1.82) is 0 Å². The molecule has 2 aromatic rings. The summed E-state index contributed by atoms with van der Waals surface area (Å²) in [6.45, 7) is 16.3. The van der Waals surface area contributed by atoms with Crippen molar-refractivity contribution >= 4 is 17.2 Å². The van der Waals surface area contributed by atoms with E-state index in [1.807, 2.05) is 24.3 Å². The van der Waals surface area contributed by atoms with Crippen molar-refractivity contribution in [3.63, 3.8) is 0 Å². The Morgan fingerprint density at radius 2 is 1.40 bits per heavy atom. The highest BCUT2D eigenvalue weighted by Gasteiger charge is 2.03. The van der Waals surface area contributed by atoms with Crippen molar-refractivity contribution in [2.75, 3.05) is 0 Å². The van der Waals surface area contributed by atoms with Gasteiger partial charge in [-0.25, -0.2) is 0 Å². The van der Waals surface area contributed by atoms with Crippen LogP contribution in [0, 0.1) is 0 Å². The van der Waals surface area contributed by atoms with Crippen LogP contribution >= 0.6 is 0 Å². The lowest BCUT2D eigenvalue weighted by Gasteiger charge is -2.08. The topological polar surface area (TPSA) is 0 Å². The molecule has 0 saturated heterocycles. The van der Waals surface area contributed by atoms with Crippen LogP contribution in [0.25, 0.3) is 17.2 Å². The SMILES string of the molecule is C=C\C=C/C=C\C(=C/C=C\C(=C)CC)c1ccc(C(/C=C\c2ccccc2)=C/C(=C)CCC)cc1. The molecule has 0 radical (unpaired) electrons. The quantitative estimate of drug-likeness (QED) is 0.262. The van der Waals surface area contributed by atoms with Crippen LogP contribution in [0.3, 0.4) is 0 Å². The van der Waals surface area contributed by atoms with Gasteiger partial charge in [0.2, 0.25) is 0 Å². The van der Waals surface area contributed by atoms with Gasteiger partial charge in [0, 0.05) is 0 Å². The first-order valence-electron chi connectivity index (χ1n) is 12.3. The van der Waals surface area contributed by atoms with E-state index < -0.39 is 0 Å². The lowest BCUT2D eigenvalue weighted by Crippen LogP contribution is -1.87. The van der Waals surface area contributed by atoms with Crippen molar-refractivity contribution < 1.29 is 0 Å². The van der Waals surface area contributed by atoms with E-state index in [-0.39, 0.29) is 0 Å². The molecule has 0 heterocycles. The first-order chi connectivity index (χ1) is 17.1. The number of hydrogen-bond acceptors (Lipinski definition) is 0. The highest BCUT2D eigenvalue weighted by Crippen LogP contribution is 2.24. The van der Waals surface area contributed by atoms with Crippen molar-refractivity contribution in [3.05, 3.63) is 163 Å². The highest BCUT2D eigenvalue weighted by molar-refractivity contribution is 5.82. The largest absolute Gasteiger partial charge is 0.0991 e. The second-order valence-corrected chi connectivity index (χ2v) is 8.30. The fourth-order valence-electron chi connectivity index (χ4n) is 3.40. The van der Waals surface area contributed by atoms with Gasteiger partial charge in [-0.15, -0.1) is 0 Å². The molecule has 0 spiro atoms. The van der Waals surface area contributed by atoms with Crippen LogP contribution < -0.4 is 0 Å². The Labute approximate surface area is 213 Å². The zero-order chi connectivity index (χ0) is 25.3. The van der Waals surface area contributed by atoms with E-state index in [0.717, 1.165) is 47.1 Å². The zero-order valence-electron chi connectivity index (χ0n) is 21.3. The van der Waals surface area contributed by atoms with Gasteiger partial charge in [-0.2, -0.15) is 0 Å². The monoisotopic (exact) mass is 458 g/mol. The van der Waals surface area contributed by atoms with Gasteiger partial charge in [-0.05, 0) is 40.7 Å². The normalized spacial score (nSPS) is 12.9. The summed E-state index contributed by atoms with van der Waals surface area (Å²) in [7, 11) is 0. The van der Waals surface area contributed by atoms with Crippen LogP contribution in [0.5, 0.6) is 0 Å². The third-order valence-corrected chi connectivity index (χ3v) is 5.43. The standard InChI is InChI=1S/C35H38/c1-6-9-10-14-20-32(21-15-17-29(4)8-3)33-24-26-34(27-25-33)35(28-30(5)16-7-2)23-22-31-18-12-11-13-19-31/h6,9-15,17-28H,1,4-5,7-8,16H2,2-3H3/b10-9-,17-15-,20-14-,23-22-,32-21+,35-28+. The summed E-state index contributed by atoms with van der Waals surface area (Å²) in [6, 6.07) is 19.1. The summed E-state index contributed by atoms with van der Waals surface area (Å²) in [4.78, 5) is 0. The summed E-state index contributed by atoms with van der Waals surface area (Å²) in [5.41, 5.74) is 8.05. The van der Waals surface area contributed by atoms with E-state index in [2.05, 4.69) is 125 Å². The van der Waals surface area contributed by atoms with Gasteiger partial charge >= 0.3 is 0 Å². The highest BCUT2D eigenvalue weighted by atomic mass is 14.1. The molecule has 0 nitrogen and oxygen atoms in total. The molecule has 35 heavy (non-hydrogen) atoms. The van der Waals surface area contributed by atoms with Crippen LogP contribution in [0.15, 0.2) is 146 Å². The Kier molecular flexibility index (Phi) is 12.4. The van der Waals surface area contributed by atoms with Crippen LogP contribution in [-0.4, -0.2) is 0 Å². The lowest BCUT2D eigenvalue weighted by atomic mass is 9.97. The molecule has 0 aliphatic carbocycles. The molecule has 0 heteroatoms. The molecule has 0 N–H and O–H groups in total. The third kappa shape index (κ3) is 10.3. The molecule has 0 bridgehead atoms. The van der Waals surface area contributed by atoms with E-state index >= 15 is 0 Å². The van der Waals surface area contributed by atoms with E-state index in [4.69, 9.17) is 0 Å². The van der Waals surface area contributed by atoms with Gasteiger partial charge in [0.15, 0.2) is 0 Å². The smallest absolute Gasteiger partial charge is 0.0181 e. The second kappa shape index (κ2) is 15.9. The maximum Gasteiger partial charge on any atom is -0.0181 e. The molecular weight excluding hydrogens is 420 g/mol. The summed E-state index contributed by atoms with van der Waals surface area (Å²) >= 11 is 0. The number of allylic oxidation sites excluding steroid dienone is 14. The molecular formula is C35H38. The van der Waals surface area contributed by atoms with E-state index in [9.17, 15) is 0 Å². The molecule has 0 aliphatic rings. The van der Waals surface area contributed by atoms with Crippen LogP contribution in [0.4, 0.5) is 0 Å². The molecule has 178 valence electrons. The van der Waals surface area contributed by atoms with Gasteiger partial charge < -0.3 is 0 Å². The predicted molar refractivity (Wildman–Crippen MR) is 159 cm³/mol. The zero-order valence-corrected chi connectivity index (χ0v) is 21.3. The van der Waals surface area contributed by atoms with Crippen molar-refractivity contribution in [1.82, 2.24) is 0 Å². The second-order valence-electron chi connectivity index (χ2n) is 8.30. The van der Waals surface area contributed by atoms with Gasteiger partial charge in [0.05, 0.1) is 0 Å². The number of rotatable bonds is 13. The van der Waals surface area contributed by atoms with Gasteiger partial charge in [-0.3, -0.25) is 0 Å². The summed E-state index contributed by atoms with van der Waals surface area (Å²) in [5.74, 6) is 0. The molecule has 0 aromatic heterocycles. The summed E-state index contributed by atoms with van der Waals surface area (Å²) in [5, 5.41) is 0. The molecule has 0 atom stereocenters. The van der Waals surface area contributed by atoms with Crippen LogP contribution in [0.1, 0.15) is 49.8 Å². The number of hydrogen-bond donors (Lipinski definition) is 0. The lowest BCUT2D eigenvalue weighted by molar-refractivity contribution is 0.930. The van der Waals surface area contributed by atoms with E-state index in [0.29, 0.717) is 0 Å². The maximum atomic E-state index is 4.26. The van der Waals surface area contributed by atoms with Crippen LogP contribution in [0.2, 0.25) is 0 Å². The van der Waals surface area contributed by atoms with Crippen LogP contribution in [-0.2, 0) is 0 Å². The average molecular weight is 459 g/mol. The molecule has 0 fully saturated rings. The molecule has 0 amide bonds. The van der Waals surface area contributed by atoms with E-state index in [1.54, 1.807) is 6.08 Å². The summed E-state index contributed by atoms with van der Waals surface area (Å²) in [6.07, 6.45) is 25.7. The van der Waals surface area contributed by atoms with Gasteiger partial charge in [-0.1, -0.05) is 173 Å². The molecule has 0 saturated carbocycles. The minimum atomic E-state index is 0.946. The average Bonchev–Trinajstić information content (AvgIpc) is 2.88. The fourth-order valence-corrected chi connectivity index (χ4v) is 3.40. The molecule has 0 aliphatic heterocycles. The van der Waals surface area contributed by atoms with Crippen molar-refractivity contribution in [2.45, 2.75) is 33.1 Å². The Balaban J connectivity index is 2.40. The first-order valence-corrected chi connectivity index (χ1v) is 12.3. The molecule has 2 aromatic carbocycles. The van der Waals surface area contributed by atoms with E-state index in [1.165, 1.54) is 11.1 Å². The van der Waals surface area contributed by atoms with Gasteiger partial charge in [0.1, 0.15) is 0 Å². The van der Waals surface area contributed by atoms with Crippen molar-refractivity contribution in [3.8, 4) is 0 Å². The maximum absolute atomic E-state index is 4.26. The van der Waals surface area contributed by atoms with Crippen molar-refractivity contribution in [2.24, 2.45) is 0 Å². The predicted octanol–water partition coefficient (Wildman–Crippen LogP) is 10.3. The Morgan fingerprint density at radius 1 is 0.714 bits per heavy atom. The fraction of sp³-hybridized carbons (Fsp3) is 0.143. The van der Waals surface area contributed by atoms with Gasteiger partial charge in [0.25, 0.3) is 0 Å². The molecule has 0 unspecified atom stereocenters. The first kappa shape index (κ1) is 27.3. The minimum absolute atomic E-state index is 0.946. The third-order valence-electron chi connectivity index (χ3n) is 5.43. The Bertz CT molecular complexity index is 1140. The Hall–Kier alpha value is -3.90. The number of benzene rings is 2. The minimum Gasteiger partial charge on any atom is -0.0991 e. The summed E-state index contributed by atoms with van der Waals surface area (Å²) < 4.78 is 0. The molecule has 2 rings (SSSR count).